The molecule has 2 aromatic carbocycles. The van der Waals surface area contributed by atoms with Crippen LogP contribution in [-0.2, 0) is 23.8 Å². The molecule has 0 atom stereocenters. The number of rotatable bonds is 13. The van der Waals surface area contributed by atoms with Crippen LogP contribution in [0.3, 0.4) is 0 Å². The molecule has 0 unspecified atom stereocenters. The van der Waals surface area contributed by atoms with Crippen molar-refractivity contribution >= 4 is 21.8 Å². The molecule has 0 aromatic heterocycles. The highest BCUT2D eigenvalue weighted by Crippen LogP contribution is 2.12. The molecule has 0 aliphatic carbocycles. The van der Waals surface area contributed by atoms with Crippen molar-refractivity contribution in [2.75, 3.05) is 38.3 Å². The normalized spacial score (nSPS) is 11.2. The van der Waals surface area contributed by atoms with Crippen LogP contribution >= 0.6 is 0 Å². The van der Waals surface area contributed by atoms with Crippen molar-refractivity contribution in [3.05, 3.63) is 60.2 Å². The molecule has 29 heavy (non-hydrogen) atoms. The van der Waals surface area contributed by atoms with Crippen molar-refractivity contribution in [1.82, 2.24) is 0 Å². The van der Waals surface area contributed by atoms with Gasteiger partial charge in [-0.15, -0.1) is 0 Å². The summed E-state index contributed by atoms with van der Waals surface area (Å²) in [5.41, 5.74) is 1.42. The Morgan fingerprint density at radius 2 is 1.62 bits per heavy atom. The van der Waals surface area contributed by atoms with Gasteiger partial charge in [-0.05, 0) is 42.8 Å². The Balaban J connectivity index is 1.60. The minimum Gasteiger partial charge on any atom is -0.460 e. The number of benzene rings is 2. The lowest BCUT2D eigenvalue weighted by Gasteiger charge is -2.08. The maximum Gasteiger partial charge on any atom is 0.338 e. The van der Waals surface area contributed by atoms with Crippen molar-refractivity contribution in [3.8, 4) is 0 Å². The second-order valence-electron chi connectivity index (χ2n) is 6.20. The fourth-order valence-corrected chi connectivity index (χ4v) is 3.28. The number of unbranched alkanes of at least 4 members (excludes halogenated alkanes) is 1. The SMILES string of the molecule is CCCCNc1ccc(C(=O)OCCOCCOS(=O)(=O)c2ccccc2)cc1. The van der Waals surface area contributed by atoms with E-state index in [4.69, 9.17) is 13.7 Å². The summed E-state index contributed by atoms with van der Waals surface area (Å²) in [5.74, 6) is -0.434. The second-order valence-corrected chi connectivity index (χ2v) is 7.81. The van der Waals surface area contributed by atoms with E-state index in [0.29, 0.717) is 5.56 Å². The van der Waals surface area contributed by atoms with Crippen LogP contribution in [0.15, 0.2) is 59.5 Å². The van der Waals surface area contributed by atoms with Gasteiger partial charge < -0.3 is 14.8 Å². The van der Waals surface area contributed by atoms with Crippen LogP contribution in [0.2, 0.25) is 0 Å². The van der Waals surface area contributed by atoms with E-state index in [1.54, 1.807) is 30.3 Å². The second kappa shape index (κ2) is 12.2. The predicted octanol–water partition coefficient (Wildman–Crippen LogP) is 3.48. The van der Waals surface area contributed by atoms with Gasteiger partial charge in [-0.25, -0.2) is 4.79 Å². The van der Waals surface area contributed by atoms with E-state index < -0.39 is 16.1 Å². The molecule has 0 heterocycles. The molecule has 2 aromatic rings. The molecule has 0 aliphatic heterocycles. The van der Waals surface area contributed by atoms with E-state index in [-0.39, 0.29) is 31.3 Å². The van der Waals surface area contributed by atoms with Crippen molar-refractivity contribution < 1.29 is 26.9 Å². The van der Waals surface area contributed by atoms with E-state index >= 15 is 0 Å². The molecule has 0 saturated heterocycles. The Bertz CT molecular complexity index is 837. The van der Waals surface area contributed by atoms with Gasteiger partial charge in [0.15, 0.2) is 0 Å². The van der Waals surface area contributed by atoms with Crippen LogP contribution in [-0.4, -0.2) is 47.4 Å². The van der Waals surface area contributed by atoms with E-state index in [2.05, 4.69) is 12.2 Å². The average molecular weight is 422 g/mol. The molecular weight excluding hydrogens is 394 g/mol. The van der Waals surface area contributed by atoms with Gasteiger partial charge in [-0.1, -0.05) is 31.5 Å². The standard InChI is InChI=1S/C21H27NO6S/c1-2-3-13-22-19-11-9-18(10-12-19)21(23)27-16-14-26-15-17-28-29(24,25)20-7-5-4-6-8-20/h4-12,22H,2-3,13-17H2,1H3. The maximum absolute atomic E-state index is 12.0. The van der Waals surface area contributed by atoms with Gasteiger partial charge in [0.1, 0.15) is 6.61 Å². The Kier molecular flexibility index (Phi) is 9.63. The number of esters is 1. The summed E-state index contributed by atoms with van der Waals surface area (Å²) in [6.45, 7) is 3.20. The molecule has 0 aliphatic rings. The molecule has 0 fully saturated rings. The molecule has 1 N–H and O–H groups in total. The monoisotopic (exact) mass is 421 g/mol. The molecule has 2 rings (SSSR count). The minimum absolute atomic E-state index is 0.0702. The zero-order valence-electron chi connectivity index (χ0n) is 16.5. The minimum atomic E-state index is -3.78. The highest BCUT2D eigenvalue weighted by molar-refractivity contribution is 7.86. The maximum atomic E-state index is 12.0. The molecular formula is C21H27NO6S. The van der Waals surface area contributed by atoms with E-state index in [0.717, 1.165) is 25.1 Å². The van der Waals surface area contributed by atoms with Crippen LogP contribution in [0.4, 0.5) is 5.69 Å². The van der Waals surface area contributed by atoms with E-state index in [1.165, 1.54) is 12.1 Å². The van der Waals surface area contributed by atoms with Crippen molar-refractivity contribution in [1.29, 1.82) is 0 Å². The van der Waals surface area contributed by atoms with Crippen molar-refractivity contribution in [2.45, 2.75) is 24.7 Å². The number of carbonyl (C=O) groups excluding carboxylic acids is 1. The first kappa shape index (κ1) is 22.9. The summed E-state index contributed by atoms with van der Waals surface area (Å²) < 4.78 is 39.1. The first-order valence-corrected chi connectivity index (χ1v) is 11.0. The highest BCUT2D eigenvalue weighted by atomic mass is 32.2. The van der Waals surface area contributed by atoms with Gasteiger partial charge in [-0.2, -0.15) is 8.42 Å². The number of nitrogens with one attached hydrogen (secondary N) is 1. The smallest absolute Gasteiger partial charge is 0.338 e. The lowest BCUT2D eigenvalue weighted by atomic mass is 10.2. The summed E-state index contributed by atoms with van der Waals surface area (Å²) >= 11 is 0. The molecule has 0 spiro atoms. The molecule has 8 heteroatoms. The lowest BCUT2D eigenvalue weighted by molar-refractivity contribution is 0.0277. The Morgan fingerprint density at radius 1 is 0.931 bits per heavy atom. The predicted molar refractivity (Wildman–Crippen MR) is 111 cm³/mol. The molecule has 0 bridgehead atoms. The van der Waals surface area contributed by atoms with Gasteiger partial charge in [-0.3, -0.25) is 4.18 Å². The third kappa shape index (κ3) is 8.23. The fourth-order valence-electron chi connectivity index (χ4n) is 2.37. The summed E-state index contributed by atoms with van der Waals surface area (Å²) in [7, 11) is -3.78. The van der Waals surface area contributed by atoms with Crippen LogP contribution in [0.25, 0.3) is 0 Å². The number of hydrogen-bond donors (Lipinski definition) is 1. The van der Waals surface area contributed by atoms with Gasteiger partial charge in [0.2, 0.25) is 0 Å². The molecule has 0 amide bonds. The number of carbonyl (C=O) groups is 1. The van der Waals surface area contributed by atoms with Crippen LogP contribution in [0, 0.1) is 0 Å². The third-order valence-electron chi connectivity index (χ3n) is 3.94. The average Bonchev–Trinajstić information content (AvgIpc) is 2.74. The quantitative estimate of drug-likeness (QED) is 0.301. The van der Waals surface area contributed by atoms with Gasteiger partial charge in [0.25, 0.3) is 10.1 Å². The molecule has 7 nitrogen and oxygen atoms in total. The lowest BCUT2D eigenvalue weighted by Crippen LogP contribution is -2.15. The summed E-state index contributed by atoms with van der Waals surface area (Å²) in [6.07, 6.45) is 2.21. The summed E-state index contributed by atoms with van der Waals surface area (Å²) in [6, 6.07) is 15.0. The van der Waals surface area contributed by atoms with Gasteiger partial charge >= 0.3 is 5.97 Å². The Morgan fingerprint density at radius 3 is 2.31 bits per heavy atom. The van der Waals surface area contributed by atoms with Crippen LogP contribution in [0.1, 0.15) is 30.1 Å². The zero-order chi connectivity index (χ0) is 21.0. The Hall–Kier alpha value is -2.42. The zero-order valence-corrected chi connectivity index (χ0v) is 17.3. The molecule has 0 radical (unpaired) electrons. The van der Waals surface area contributed by atoms with Crippen molar-refractivity contribution in [3.63, 3.8) is 0 Å². The summed E-state index contributed by atoms with van der Waals surface area (Å²) in [4.78, 5) is 12.1. The van der Waals surface area contributed by atoms with Crippen LogP contribution in [0.5, 0.6) is 0 Å². The molecule has 158 valence electrons. The topological polar surface area (TPSA) is 90.9 Å². The number of hydrogen-bond acceptors (Lipinski definition) is 7. The number of ether oxygens (including phenoxy) is 2. The third-order valence-corrected chi connectivity index (χ3v) is 5.27. The highest BCUT2D eigenvalue weighted by Gasteiger charge is 2.14. The van der Waals surface area contributed by atoms with Crippen LogP contribution < -0.4 is 5.32 Å². The first-order chi connectivity index (χ1) is 14.0. The summed E-state index contributed by atoms with van der Waals surface area (Å²) in [5, 5.41) is 3.28. The largest absolute Gasteiger partial charge is 0.460 e. The van der Waals surface area contributed by atoms with E-state index in [1.807, 2.05) is 12.1 Å². The first-order valence-electron chi connectivity index (χ1n) is 9.56. The van der Waals surface area contributed by atoms with Crippen molar-refractivity contribution in [2.24, 2.45) is 0 Å². The Labute approximate surface area is 172 Å². The fraction of sp³-hybridized carbons (Fsp3) is 0.381. The van der Waals surface area contributed by atoms with Gasteiger partial charge in [0, 0.05) is 12.2 Å². The number of anilines is 1. The van der Waals surface area contributed by atoms with E-state index in [9.17, 15) is 13.2 Å². The van der Waals surface area contributed by atoms with Gasteiger partial charge in [0.05, 0.1) is 30.3 Å². The molecule has 0 saturated carbocycles.